The molecule has 2 aromatic carbocycles. The summed E-state index contributed by atoms with van der Waals surface area (Å²) in [5.41, 5.74) is 2.60. The highest BCUT2D eigenvalue weighted by molar-refractivity contribution is 6.05. The summed E-state index contributed by atoms with van der Waals surface area (Å²) in [6.07, 6.45) is -2.88. The number of hydrogen-bond acceptors (Lipinski definition) is 5. The number of alkyl halides is 3. The fraction of sp³-hybridized carbons (Fsp3) is 0.348. The summed E-state index contributed by atoms with van der Waals surface area (Å²) in [6, 6.07) is 9.04. The van der Waals surface area contributed by atoms with E-state index in [1.54, 1.807) is 37.3 Å². The Morgan fingerprint density at radius 1 is 1.12 bits per heavy atom. The number of carbonyl (C=O) groups is 1. The third kappa shape index (κ3) is 5.63. The highest BCUT2D eigenvalue weighted by Crippen LogP contribution is 2.32. The van der Waals surface area contributed by atoms with Crippen molar-refractivity contribution in [3.63, 3.8) is 0 Å². The van der Waals surface area contributed by atoms with Crippen LogP contribution in [0.2, 0.25) is 0 Å². The third-order valence-corrected chi connectivity index (χ3v) is 5.39. The van der Waals surface area contributed by atoms with Crippen LogP contribution in [0.3, 0.4) is 0 Å². The zero-order valence-corrected chi connectivity index (χ0v) is 17.9. The molecule has 0 bridgehead atoms. The zero-order chi connectivity index (χ0) is 23.6. The van der Waals surface area contributed by atoms with Gasteiger partial charge < -0.3 is 15.0 Å². The van der Waals surface area contributed by atoms with E-state index in [0.29, 0.717) is 43.2 Å². The molecule has 0 spiro atoms. The lowest BCUT2D eigenvalue weighted by molar-refractivity contribution is -0.197. The number of hydroxylamine groups is 2. The van der Waals surface area contributed by atoms with E-state index in [1.807, 2.05) is 4.90 Å². The molecule has 2 aromatic rings. The molecule has 1 fully saturated rings. The maximum Gasteiger partial charge on any atom is 0.408 e. The van der Waals surface area contributed by atoms with Gasteiger partial charge in [-0.3, -0.25) is 9.63 Å². The van der Waals surface area contributed by atoms with Crippen molar-refractivity contribution < 1.29 is 31.9 Å². The molecule has 0 radical (unpaired) electrons. The largest absolute Gasteiger partial charge is 0.408 e. The quantitative estimate of drug-likeness (QED) is 0.665. The van der Waals surface area contributed by atoms with Crippen molar-refractivity contribution >= 4 is 23.0 Å². The van der Waals surface area contributed by atoms with Crippen LogP contribution in [0.15, 0.2) is 42.5 Å². The number of nitrogens with zero attached hydrogens (tertiary/aromatic N) is 2. The Hall–Kier alpha value is -3.11. The second kappa shape index (κ2) is 9.40. The SMILES string of the molecule is Cc1ccc(NC(=O)c2cc(F)cc(N3CCOCC3)c2)cc1C1=CCON1CC(F)(F)F. The van der Waals surface area contributed by atoms with Gasteiger partial charge in [-0.2, -0.15) is 13.2 Å². The molecule has 1 saturated heterocycles. The van der Waals surface area contributed by atoms with E-state index in [1.165, 1.54) is 6.07 Å². The highest BCUT2D eigenvalue weighted by Gasteiger charge is 2.34. The average molecular weight is 465 g/mol. The van der Waals surface area contributed by atoms with E-state index >= 15 is 0 Å². The lowest BCUT2D eigenvalue weighted by Gasteiger charge is -2.29. The van der Waals surface area contributed by atoms with E-state index in [4.69, 9.17) is 9.57 Å². The van der Waals surface area contributed by atoms with Gasteiger partial charge in [0.25, 0.3) is 5.91 Å². The van der Waals surface area contributed by atoms with Crippen molar-refractivity contribution in [3.8, 4) is 0 Å². The van der Waals surface area contributed by atoms with Crippen molar-refractivity contribution in [1.82, 2.24) is 5.06 Å². The van der Waals surface area contributed by atoms with Crippen LogP contribution < -0.4 is 10.2 Å². The van der Waals surface area contributed by atoms with Gasteiger partial charge in [-0.1, -0.05) is 6.07 Å². The van der Waals surface area contributed by atoms with Crippen molar-refractivity contribution in [1.29, 1.82) is 0 Å². The summed E-state index contributed by atoms with van der Waals surface area (Å²) in [6.45, 7) is 2.77. The standard InChI is InChI=1S/C23H23F4N3O3/c1-15-2-3-18(13-20(15)21-4-7-33-30(21)14-23(25,26)27)28-22(31)16-10-17(24)12-19(11-16)29-5-8-32-9-6-29/h2-4,10-13H,5-9,14H2,1H3,(H,28,31). The van der Waals surface area contributed by atoms with Crippen LogP contribution >= 0.6 is 0 Å². The molecule has 176 valence electrons. The molecule has 0 aliphatic carbocycles. The molecule has 10 heteroatoms. The highest BCUT2D eigenvalue weighted by atomic mass is 19.4. The number of aryl methyl sites for hydroxylation is 1. The molecule has 4 rings (SSSR count). The van der Waals surface area contributed by atoms with Crippen molar-refractivity contribution in [2.24, 2.45) is 0 Å². The Bertz CT molecular complexity index is 1070. The van der Waals surface area contributed by atoms with E-state index in [0.717, 1.165) is 16.7 Å². The van der Waals surface area contributed by atoms with Crippen LogP contribution in [0.4, 0.5) is 28.9 Å². The number of benzene rings is 2. The molecular weight excluding hydrogens is 442 g/mol. The zero-order valence-electron chi connectivity index (χ0n) is 17.9. The first kappa shape index (κ1) is 23.1. The monoisotopic (exact) mass is 465 g/mol. The number of amides is 1. The summed E-state index contributed by atoms with van der Waals surface area (Å²) in [5.74, 6) is -1.06. The molecular formula is C23H23F4N3O3. The molecule has 2 aliphatic rings. The van der Waals surface area contributed by atoms with Crippen molar-refractivity contribution in [2.45, 2.75) is 13.1 Å². The topological polar surface area (TPSA) is 54.0 Å². The first-order valence-corrected chi connectivity index (χ1v) is 10.4. The Balaban J connectivity index is 1.54. The summed E-state index contributed by atoms with van der Waals surface area (Å²) in [5, 5.41) is 3.51. The van der Waals surface area contributed by atoms with Crippen LogP contribution in [-0.2, 0) is 9.57 Å². The smallest absolute Gasteiger partial charge is 0.378 e. The number of ether oxygens (including phenoxy) is 1. The number of rotatable bonds is 5. The molecule has 33 heavy (non-hydrogen) atoms. The summed E-state index contributed by atoms with van der Waals surface area (Å²) < 4.78 is 58.2. The normalized spacial score (nSPS) is 16.7. The fourth-order valence-electron chi connectivity index (χ4n) is 3.80. The second-order valence-corrected chi connectivity index (χ2v) is 7.82. The minimum atomic E-state index is -4.43. The van der Waals surface area contributed by atoms with Crippen LogP contribution in [0.1, 0.15) is 21.5 Å². The van der Waals surface area contributed by atoms with Crippen LogP contribution in [0, 0.1) is 12.7 Å². The predicted octanol–water partition coefficient (Wildman–Crippen LogP) is 4.37. The van der Waals surface area contributed by atoms with Gasteiger partial charge >= 0.3 is 6.18 Å². The van der Waals surface area contributed by atoms with E-state index < -0.39 is 24.4 Å². The number of nitrogens with one attached hydrogen (secondary N) is 1. The molecule has 1 N–H and O–H groups in total. The third-order valence-electron chi connectivity index (χ3n) is 5.39. The van der Waals surface area contributed by atoms with E-state index in [2.05, 4.69) is 5.32 Å². The molecule has 1 amide bonds. The van der Waals surface area contributed by atoms with Crippen LogP contribution in [-0.4, -0.2) is 56.6 Å². The fourth-order valence-corrected chi connectivity index (χ4v) is 3.80. The molecule has 6 nitrogen and oxygen atoms in total. The molecule has 2 heterocycles. The lowest BCUT2D eigenvalue weighted by atomic mass is 10.0. The molecule has 0 saturated carbocycles. The minimum Gasteiger partial charge on any atom is -0.378 e. The van der Waals surface area contributed by atoms with Gasteiger partial charge in [-0.05, 0) is 48.9 Å². The number of carbonyl (C=O) groups excluding carboxylic acids is 1. The van der Waals surface area contributed by atoms with Gasteiger partial charge in [0.2, 0.25) is 0 Å². The average Bonchev–Trinajstić information content (AvgIpc) is 3.21. The Labute approximate surface area is 188 Å². The van der Waals surface area contributed by atoms with E-state index in [9.17, 15) is 22.4 Å². The van der Waals surface area contributed by atoms with Gasteiger partial charge in [-0.15, -0.1) is 0 Å². The Kier molecular flexibility index (Phi) is 6.57. The molecule has 0 unspecified atom stereocenters. The maximum absolute atomic E-state index is 14.2. The Morgan fingerprint density at radius 2 is 1.88 bits per heavy atom. The summed E-state index contributed by atoms with van der Waals surface area (Å²) in [7, 11) is 0. The van der Waals surface area contributed by atoms with Gasteiger partial charge in [-0.25, -0.2) is 9.45 Å². The number of hydrogen-bond donors (Lipinski definition) is 1. The number of anilines is 2. The molecule has 0 atom stereocenters. The van der Waals surface area contributed by atoms with Gasteiger partial charge in [0.05, 0.1) is 25.5 Å². The van der Waals surface area contributed by atoms with E-state index in [-0.39, 0.29) is 17.9 Å². The summed E-state index contributed by atoms with van der Waals surface area (Å²) >= 11 is 0. The summed E-state index contributed by atoms with van der Waals surface area (Å²) in [4.78, 5) is 19.9. The number of halogens is 4. The van der Waals surface area contributed by atoms with Gasteiger partial charge in [0.1, 0.15) is 12.4 Å². The predicted molar refractivity (Wildman–Crippen MR) is 115 cm³/mol. The first-order chi connectivity index (χ1) is 15.7. The first-order valence-electron chi connectivity index (χ1n) is 10.4. The molecule has 2 aliphatic heterocycles. The molecule has 0 aromatic heterocycles. The second-order valence-electron chi connectivity index (χ2n) is 7.82. The van der Waals surface area contributed by atoms with Crippen LogP contribution in [0.25, 0.3) is 5.70 Å². The van der Waals surface area contributed by atoms with Crippen LogP contribution in [0.5, 0.6) is 0 Å². The Morgan fingerprint density at radius 3 is 2.61 bits per heavy atom. The van der Waals surface area contributed by atoms with Crippen molar-refractivity contribution in [3.05, 3.63) is 65.0 Å². The maximum atomic E-state index is 14.2. The minimum absolute atomic E-state index is 0.0229. The van der Waals surface area contributed by atoms with Crippen molar-refractivity contribution in [2.75, 3.05) is 49.7 Å². The lowest BCUT2D eigenvalue weighted by Crippen LogP contribution is -2.36. The number of morpholine rings is 1. The van der Waals surface area contributed by atoms with Gasteiger partial charge in [0, 0.05) is 35.6 Å². The van der Waals surface area contributed by atoms with Gasteiger partial charge in [0.15, 0.2) is 0 Å².